The van der Waals surface area contributed by atoms with E-state index in [1.54, 1.807) is 11.3 Å². The van der Waals surface area contributed by atoms with Gasteiger partial charge in [-0.15, -0.1) is 11.3 Å². The van der Waals surface area contributed by atoms with E-state index in [4.69, 9.17) is 0 Å². The van der Waals surface area contributed by atoms with Crippen molar-refractivity contribution < 1.29 is 0 Å². The van der Waals surface area contributed by atoms with Crippen LogP contribution in [-0.4, -0.2) is 9.36 Å². The number of aryl methyl sites for hydroxylation is 2. The molecule has 80 valence electrons. The molecule has 0 bridgehead atoms. The Balaban J connectivity index is 1.96. The standard InChI is InChI=1S/C10H13N3S2/c1-3-9-12-10(15-13-9)11-6-8-7(2)4-5-14-8/h4-5H,3,6H2,1-2H3,(H,11,12,13). The van der Waals surface area contributed by atoms with Gasteiger partial charge in [-0.2, -0.15) is 4.37 Å². The highest BCUT2D eigenvalue weighted by Crippen LogP contribution is 2.18. The van der Waals surface area contributed by atoms with Crippen LogP contribution in [0.15, 0.2) is 11.4 Å². The number of aromatic nitrogens is 2. The number of anilines is 1. The molecule has 5 heteroatoms. The van der Waals surface area contributed by atoms with Crippen molar-refractivity contribution in [3.8, 4) is 0 Å². The molecule has 0 spiro atoms. The zero-order valence-corrected chi connectivity index (χ0v) is 10.4. The van der Waals surface area contributed by atoms with Gasteiger partial charge in [0.25, 0.3) is 0 Å². The van der Waals surface area contributed by atoms with Gasteiger partial charge in [-0.25, -0.2) is 4.98 Å². The van der Waals surface area contributed by atoms with Crippen molar-refractivity contribution in [1.82, 2.24) is 9.36 Å². The molecule has 0 radical (unpaired) electrons. The summed E-state index contributed by atoms with van der Waals surface area (Å²) in [5, 5.41) is 6.33. The van der Waals surface area contributed by atoms with E-state index < -0.39 is 0 Å². The van der Waals surface area contributed by atoms with E-state index in [1.807, 2.05) is 0 Å². The second-order valence-corrected chi connectivity index (χ2v) is 5.00. The van der Waals surface area contributed by atoms with Crippen LogP contribution < -0.4 is 5.32 Å². The van der Waals surface area contributed by atoms with Crippen LogP contribution in [0.4, 0.5) is 5.13 Å². The molecule has 3 nitrogen and oxygen atoms in total. The fourth-order valence-corrected chi connectivity index (χ4v) is 2.70. The van der Waals surface area contributed by atoms with Crippen LogP contribution in [-0.2, 0) is 13.0 Å². The summed E-state index contributed by atoms with van der Waals surface area (Å²) < 4.78 is 4.23. The average Bonchev–Trinajstić information content (AvgIpc) is 2.84. The smallest absolute Gasteiger partial charge is 0.202 e. The highest BCUT2D eigenvalue weighted by Gasteiger charge is 2.03. The Kier molecular flexibility index (Phi) is 3.33. The summed E-state index contributed by atoms with van der Waals surface area (Å²) in [4.78, 5) is 5.72. The van der Waals surface area contributed by atoms with Gasteiger partial charge in [0.15, 0.2) is 0 Å². The van der Waals surface area contributed by atoms with Crippen molar-refractivity contribution in [1.29, 1.82) is 0 Å². The Hall–Kier alpha value is -0.940. The Bertz CT molecular complexity index is 433. The molecule has 2 aromatic rings. The maximum Gasteiger partial charge on any atom is 0.202 e. The molecule has 0 amide bonds. The normalized spacial score (nSPS) is 10.5. The average molecular weight is 239 g/mol. The maximum atomic E-state index is 4.36. The highest BCUT2D eigenvalue weighted by molar-refractivity contribution is 7.10. The minimum atomic E-state index is 0.849. The molecule has 0 aliphatic rings. The Morgan fingerprint density at radius 3 is 2.93 bits per heavy atom. The minimum Gasteiger partial charge on any atom is -0.355 e. The zero-order valence-electron chi connectivity index (χ0n) is 8.78. The van der Waals surface area contributed by atoms with Crippen LogP contribution in [0.5, 0.6) is 0 Å². The molecule has 15 heavy (non-hydrogen) atoms. The Labute approximate surface area is 97.4 Å². The van der Waals surface area contributed by atoms with Crippen molar-refractivity contribution in [3.05, 3.63) is 27.7 Å². The number of hydrogen-bond acceptors (Lipinski definition) is 5. The maximum absolute atomic E-state index is 4.36. The van der Waals surface area contributed by atoms with Gasteiger partial charge in [-0.05, 0) is 23.9 Å². The number of rotatable bonds is 4. The van der Waals surface area contributed by atoms with Crippen molar-refractivity contribution in [3.63, 3.8) is 0 Å². The molecule has 0 atom stereocenters. The topological polar surface area (TPSA) is 37.8 Å². The van der Waals surface area contributed by atoms with Crippen LogP contribution in [0, 0.1) is 6.92 Å². The van der Waals surface area contributed by atoms with Crippen LogP contribution in [0.3, 0.4) is 0 Å². The fraction of sp³-hybridized carbons (Fsp3) is 0.400. The first-order chi connectivity index (χ1) is 7.29. The lowest BCUT2D eigenvalue weighted by molar-refractivity contribution is 0.994. The van der Waals surface area contributed by atoms with E-state index in [0.29, 0.717) is 0 Å². The summed E-state index contributed by atoms with van der Waals surface area (Å²) in [6, 6.07) is 2.14. The minimum absolute atomic E-state index is 0.849. The molecule has 0 saturated carbocycles. The lowest BCUT2D eigenvalue weighted by Crippen LogP contribution is -1.98. The summed E-state index contributed by atoms with van der Waals surface area (Å²) in [5.41, 5.74) is 1.34. The van der Waals surface area contributed by atoms with E-state index >= 15 is 0 Å². The van der Waals surface area contributed by atoms with E-state index in [2.05, 4.69) is 40.0 Å². The third-order valence-electron chi connectivity index (χ3n) is 2.15. The quantitative estimate of drug-likeness (QED) is 0.891. The molecule has 2 aromatic heterocycles. The van der Waals surface area contributed by atoms with E-state index in [-0.39, 0.29) is 0 Å². The lowest BCUT2D eigenvalue weighted by Gasteiger charge is -2.00. The van der Waals surface area contributed by atoms with Gasteiger partial charge in [0.1, 0.15) is 5.82 Å². The molecular weight excluding hydrogens is 226 g/mol. The van der Waals surface area contributed by atoms with Gasteiger partial charge < -0.3 is 5.32 Å². The first kappa shape index (κ1) is 10.6. The molecule has 2 heterocycles. The van der Waals surface area contributed by atoms with Gasteiger partial charge in [0.2, 0.25) is 5.13 Å². The lowest BCUT2D eigenvalue weighted by atomic mass is 10.3. The second kappa shape index (κ2) is 4.72. The first-order valence-corrected chi connectivity index (χ1v) is 6.54. The van der Waals surface area contributed by atoms with Crippen molar-refractivity contribution in [2.24, 2.45) is 0 Å². The van der Waals surface area contributed by atoms with Crippen LogP contribution >= 0.6 is 22.9 Å². The monoisotopic (exact) mass is 239 g/mol. The molecule has 0 aromatic carbocycles. The van der Waals surface area contributed by atoms with Gasteiger partial charge >= 0.3 is 0 Å². The third kappa shape index (κ3) is 2.54. The van der Waals surface area contributed by atoms with Gasteiger partial charge in [0, 0.05) is 22.8 Å². The van der Waals surface area contributed by atoms with E-state index in [0.717, 1.165) is 23.9 Å². The Morgan fingerprint density at radius 2 is 2.33 bits per heavy atom. The Morgan fingerprint density at radius 1 is 1.47 bits per heavy atom. The van der Waals surface area contributed by atoms with E-state index in [1.165, 1.54) is 22.0 Å². The number of hydrogen-bond donors (Lipinski definition) is 1. The van der Waals surface area contributed by atoms with Crippen molar-refractivity contribution in [2.45, 2.75) is 26.8 Å². The zero-order chi connectivity index (χ0) is 10.7. The van der Waals surface area contributed by atoms with Crippen molar-refractivity contribution in [2.75, 3.05) is 5.32 Å². The predicted octanol–water partition coefficient (Wildman–Crippen LogP) is 3.08. The molecule has 2 rings (SSSR count). The van der Waals surface area contributed by atoms with E-state index in [9.17, 15) is 0 Å². The van der Waals surface area contributed by atoms with Crippen molar-refractivity contribution >= 4 is 28.0 Å². The largest absolute Gasteiger partial charge is 0.355 e. The van der Waals surface area contributed by atoms with Gasteiger partial charge in [0.05, 0.1) is 6.54 Å². The highest BCUT2D eigenvalue weighted by atomic mass is 32.1. The first-order valence-electron chi connectivity index (χ1n) is 4.89. The molecule has 0 aliphatic heterocycles. The number of nitrogens with one attached hydrogen (secondary N) is 1. The van der Waals surface area contributed by atoms with Gasteiger partial charge in [-0.3, -0.25) is 0 Å². The molecule has 0 fully saturated rings. The predicted molar refractivity (Wildman–Crippen MR) is 65.7 cm³/mol. The number of thiophene rings is 1. The summed E-state index contributed by atoms with van der Waals surface area (Å²) in [5.74, 6) is 0.922. The molecule has 0 unspecified atom stereocenters. The van der Waals surface area contributed by atoms with Gasteiger partial charge in [-0.1, -0.05) is 6.92 Å². The SMILES string of the molecule is CCc1nsc(NCc2sccc2C)n1. The molecule has 0 saturated heterocycles. The second-order valence-electron chi connectivity index (χ2n) is 3.25. The van der Waals surface area contributed by atoms with Crippen LogP contribution in [0.1, 0.15) is 23.2 Å². The molecule has 0 aliphatic carbocycles. The fourth-order valence-electron chi connectivity index (χ4n) is 1.21. The van der Waals surface area contributed by atoms with Crippen LogP contribution in [0.2, 0.25) is 0 Å². The third-order valence-corrected chi connectivity index (χ3v) is 3.89. The summed E-state index contributed by atoms with van der Waals surface area (Å²) in [7, 11) is 0. The van der Waals surface area contributed by atoms with Crippen LogP contribution in [0.25, 0.3) is 0 Å². The molecular formula is C10H13N3S2. The summed E-state index contributed by atoms with van der Waals surface area (Å²) in [6.07, 6.45) is 0.899. The molecule has 1 N–H and O–H groups in total. The number of nitrogens with zero attached hydrogens (tertiary/aromatic N) is 2. The summed E-state index contributed by atoms with van der Waals surface area (Å²) in [6.45, 7) is 5.04. The summed E-state index contributed by atoms with van der Waals surface area (Å²) >= 11 is 3.21.